The minimum Gasteiger partial charge on any atom is -0.462 e. The van der Waals surface area contributed by atoms with Crippen LogP contribution >= 0.6 is 0 Å². The van der Waals surface area contributed by atoms with Crippen molar-refractivity contribution in [1.82, 2.24) is 0 Å². The number of carbonyl (C=O) groups excluding carboxylic acids is 3. The molecular formula is C74H126O6. The van der Waals surface area contributed by atoms with E-state index >= 15 is 0 Å². The van der Waals surface area contributed by atoms with E-state index in [0.717, 1.165) is 116 Å². The summed E-state index contributed by atoms with van der Waals surface area (Å²) < 4.78 is 17.0. The first kappa shape index (κ1) is 76.1. The van der Waals surface area contributed by atoms with Gasteiger partial charge in [-0.3, -0.25) is 14.4 Å². The van der Waals surface area contributed by atoms with Crippen molar-refractivity contribution in [2.24, 2.45) is 0 Å². The van der Waals surface area contributed by atoms with E-state index < -0.39 is 6.10 Å². The number of ether oxygens (including phenoxy) is 3. The van der Waals surface area contributed by atoms with Gasteiger partial charge in [0.2, 0.25) is 0 Å². The van der Waals surface area contributed by atoms with Crippen molar-refractivity contribution < 1.29 is 28.6 Å². The van der Waals surface area contributed by atoms with Crippen LogP contribution in [0.2, 0.25) is 0 Å². The zero-order valence-corrected chi connectivity index (χ0v) is 52.6. The van der Waals surface area contributed by atoms with Crippen molar-refractivity contribution in [3.63, 3.8) is 0 Å². The molecule has 80 heavy (non-hydrogen) atoms. The van der Waals surface area contributed by atoms with Gasteiger partial charge in [0.05, 0.1) is 0 Å². The predicted molar refractivity (Wildman–Crippen MR) is 348 cm³/mol. The Balaban J connectivity index is 4.36. The molecule has 0 aliphatic heterocycles. The molecule has 6 nitrogen and oxygen atoms in total. The van der Waals surface area contributed by atoms with E-state index in [4.69, 9.17) is 14.2 Å². The van der Waals surface area contributed by atoms with Crippen molar-refractivity contribution in [3.8, 4) is 0 Å². The maximum Gasteiger partial charge on any atom is 0.306 e. The minimum atomic E-state index is -0.790. The van der Waals surface area contributed by atoms with Gasteiger partial charge in [-0.25, -0.2) is 0 Å². The summed E-state index contributed by atoms with van der Waals surface area (Å²) in [6, 6.07) is 0. The smallest absolute Gasteiger partial charge is 0.306 e. The van der Waals surface area contributed by atoms with E-state index in [1.165, 1.54) is 167 Å². The van der Waals surface area contributed by atoms with Gasteiger partial charge in [-0.2, -0.15) is 0 Å². The number of esters is 3. The van der Waals surface area contributed by atoms with Crippen LogP contribution < -0.4 is 0 Å². The summed E-state index contributed by atoms with van der Waals surface area (Å²) >= 11 is 0. The number of carbonyl (C=O) groups is 3. The quantitative estimate of drug-likeness (QED) is 0.0261. The Hall–Kier alpha value is -3.93. The van der Waals surface area contributed by atoms with Crippen LogP contribution in [0, 0.1) is 0 Å². The van der Waals surface area contributed by atoms with E-state index in [1.807, 2.05) is 0 Å². The first-order valence-electron chi connectivity index (χ1n) is 33.9. The van der Waals surface area contributed by atoms with Crippen molar-refractivity contribution in [2.45, 2.75) is 329 Å². The highest BCUT2D eigenvalue weighted by molar-refractivity contribution is 5.71. The van der Waals surface area contributed by atoms with Gasteiger partial charge in [0.25, 0.3) is 0 Å². The molecule has 0 saturated carbocycles. The van der Waals surface area contributed by atoms with E-state index in [-0.39, 0.29) is 31.1 Å². The lowest BCUT2D eigenvalue weighted by molar-refractivity contribution is -0.167. The molecule has 0 N–H and O–H groups in total. The van der Waals surface area contributed by atoms with Gasteiger partial charge in [0.15, 0.2) is 6.10 Å². The monoisotopic (exact) mass is 1110 g/mol. The van der Waals surface area contributed by atoms with E-state index in [2.05, 4.69) is 130 Å². The summed E-state index contributed by atoms with van der Waals surface area (Å²) in [5.41, 5.74) is 0. The van der Waals surface area contributed by atoms with Crippen LogP contribution in [0.5, 0.6) is 0 Å². The van der Waals surface area contributed by atoms with Crippen LogP contribution in [-0.2, 0) is 28.6 Å². The topological polar surface area (TPSA) is 78.9 Å². The molecule has 0 fully saturated rings. The summed E-state index contributed by atoms with van der Waals surface area (Å²) in [5, 5.41) is 0. The van der Waals surface area contributed by atoms with Crippen molar-refractivity contribution in [3.05, 3.63) is 109 Å². The second-order valence-corrected chi connectivity index (χ2v) is 22.3. The average Bonchev–Trinajstić information content (AvgIpc) is 3.46. The van der Waals surface area contributed by atoms with Gasteiger partial charge < -0.3 is 14.2 Å². The highest BCUT2D eigenvalue weighted by atomic mass is 16.6. The Morgan fingerprint density at radius 1 is 0.263 bits per heavy atom. The van der Waals surface area contributed by atoms with E-state index in [1.54, 1.807) is 0 Å². The minimum absolute atomic E-state index is 0.0851. The largest absolute Gasteiger partial charge is 0.462 e. The molecule has 0 aromatic rings. The third kappa shape index (κ3) is 64.9. The molecule has 0 radical (unpaired) electrons. The normalized spacial score (nSPS) is 12.8. The highest BCUT2D eigenvalue weighted by Gasteiger charge is 2.19. The van der Waals surface area contributed by atoms with Gasteiger partial charge in [-0.05, 0) is 128 Å². The summed E-state index contributed by atoms with van der Waals surface area (Å²) in [6.07, 6.45) is 92.3. The lowest BCUT2D eigenvalue weighted by Gasteiger charge is -2.18. The zero-order valence-electron chi connectivity index (χ0n) is 52.6. The van der Waals surface area contributed by atoms with Crippen molar-refractivity contribution in [1.29, 1.82) is 0 Å². The molecule has 0 aromatic carbocycles. The average molecular weight is 1110 g/mol. The lowest BCUT2D eigenvalue weighted by Crippen LogP contribution is -2.30. The molecule has 458 valence electrons. The molecule has 0 bridgehead atoms. The molecule has 1 unspecified atom stereocenters. The van der Waals surface area contributed by atoms with Crippen molar-refractivity contribution in [2.75, 3.05) is 13.2 Å². The third-order valence-corrected chi connectivity index (χ3v) is 14.5. The van der Waals surface area contributed by atoms with Gasteiger partial charge in [-0.1, -0.05) is 284 Å². The zero-order chi connectivity index (χ0) is 57.8. The predicted octanol–water partition coefficient (Wildman–Crippen LogP) is 23.4. The molecule has 0 aliphatic carbocycles. The number of hydrogen-bond acceptors (Lipinski definition) is 6. The summed E-state index contributed by atoms with van der Waals surface area (Å²) in [6.45, 7) is 6.50. The molecule has 0 spiro atoms. The Labute approximate surface area is 495 Å². The first-order valence-corrected chi connectivity index (χ1v) is 33.9. The maximum atomic E-state index is 12.9. The molecule has 0 aromatic heterocycles. The number of rotatable bonds is 61. The molecule has 0 aliphatic rings. The number of hydrogen-bond donors (Lipinski definition) is 0. The molecule has 0 saturated heterocycles. The first-order chi connectivity index (χ1) is 39.5. The number of allylic oxidation sites excluding steroid dienone is 18. The van der Waals surface area contributed by atoms with Crippen LogP contribution in [0.25, 0.3) is 0 Å². The van der Waals surface area contributed by atoms with Crippen LogP contribution in [0.1, 0.15) is 323 Å². The molecule has 0 rings (SSSR count). The SMILES string of the molecule is CC/C=C\C/C=C\C/C=C\C/C=C\C/C=C\CCCCCCCCCCCCCC(=O)OCC(COC(=O)CCCCCCCCC/C=C\C/C=C\CCCCC)OC(=O)CCCCCCCCC/C=C\C/C=C\CCCCCC. The fourth-order valence-electron chi connectivity index (χ4n) is 9.41. The van der Waals surface area contributed by atoms with Crippen LogP contribution in [0.15, 0.2) is 109 Å². The molecule has 1 atom stereocenters. The second kappa shape index (κ2) is 67.6. The van der Waals surface area contributed by atoms with Gasteiger partial charge in [0.1, 0.15) is 13.2 Å². The van der Waals surface area contributed by atoms with Gasteiger partial charge in [-0.15, -0.1) is 0 Å². The Morgan fingerprint density at radius 2 is 0.487 bits per heavy atom. The van der Waals surface area contributed by atoms with E-state index in [9.17, 15) is 14.4 Å². The molecular weight excluding hydrogens is 985 g/mol. The molecule has 6 heteroatoms. The molecule has 0 amide bonds. The number of unbranched alkanes of at least 4 members (excludes halogenated alkanes) is 32. The maximum absolute atomic E-state index is 12.9. The van der Waals surface area contributed by atoms with Crippen LogP contribution in [0.3, 0.4) is 0 Å². The molecule has 0 heterocycles. The summed E-state index contributed by atoms with van der Waals surface area (Å²) in [7, 11) is 0. The summed E-state index contributed by atoms with van der Waals surface area (Å²) in [4.78, 5) is 38.4. The second-order valence-electron chi connectivity index (χ2n) is 22.3. The fraction of sp³-hybridized carbons (Fsp3) is 0.716. The Kier molecular flexibility index (Phi) is 64.3. The third-order valence-electron chi connectivity index (χ3n) is 14.5. The fourth-order valence-corrected chi connectivity index (χ4v) is 9.41. The lowest BCUT2D eigenvalue weighted by atomic mass is 10.0. The Bertz CT molecular complexity index is 1610. The van der Waals surface area contributed by atoms with Gasteiger partial charge in [0, 0.05) is 19.3 Å². The van der Waals surface area contributed by atoms with E-state index in [0.29, 0.717) is 19.3 Å². The summed E-state index contributed by atoms with van der Waals surface area (Å²) in [5.74, 6) is -0.892. The van der Waals surface area contributed by atoms with Crippen molar-refractivity contribution >= 4 is 17.9 Å². The van der Waals surface area contributed by atoms with Crippen LogP contribution in [0.4, 0.5) is 0 Å². The van der Waals surface area contributed by atoms with Gasteiger partial charge >= 0.3 is 17.9 Å². The van der Waals surface area contributed by atoms with Crippen LogP contribution in [-0.4, -0.2) is 37.2 Å². The standard InChI is InChI=1S/C74H126O6/c1-4-7-10-13-16-19-22-25-28-31-33-34-35-36-37-38-39-40-41-44-46-49-52-55-58-61-64-67-73(76)79-70-71(69-78-72(75)66-63-60-57-54-51-48-45-42-30-27-24-21-18-15-12-9-6-3)80-74(77)68-65-62-59-56-53-50-47-43-32-29-26-23-20-17-14-11-8-5-2/h7,10,16,18-21,23,25,27-30,32-34,36-37,71H,4-6,8-9,11-15,17,22,24,26,31,35,38-70H2,1-3H3/b10-7-,19-16-,21-18-,23-20-,28-25-,30-27-,32-29-,34-33-,37-36-. The Morgan fingerprint density at radius 3 is 0.787 bits per heavy atom. The highest BCUT2D eigenvalue weighted by Crippen LogP contribution is 2.16.